The summed E-state index contributed by atoms with van der Waals surface area (Å²) in [4.78, 5) is 31.1. The second kappa shape index (κ2) is 9.91. The minimum atomic E-state index is -1.19. The minimum Gasteiger partial charge on any atom is -0.465 e. The Morgan fingerprint density at radius 3 is 2.45 bits per heavy atom. The Kier molecular flexibility index (Phi) is 7.29. The molecule has 2 aliphatic rings. The Morgan fingerprint density at radius 1 is 1.14 bits per heavy atom. The predicted octanol–water partition coefficient (Wildman–Crippen LogP) is 3.14. The van der Waals surface area contributed by atoms with E-state index in [-0.39, 0.29) is 29.5 Å². The Balaban J connectivity index is 1.62. The van der Waals surface area contributed by atoms with Crippen molar-refractivity contribution in [2.45, 2.75) is 57.4 Å². The highest BCUT2D eigenvalue weighted by Gasteiger charge is 2.27. The first-order chi connectivity index (χ1) is 13.9. The van der Waals surface area contributed by atoms with E-state index in [9.17, 15) is 14.0 Å². The Bertz CT molecular complexity index is 743. The van der Waals surface area contributed by atoms with Crippen molar-refractivity contribution in [3.05, 3.63) is 11.1 Å². The van der Waals surface area contributed by atoms with Crippen molar-refractivity contribution in [2.24, 2.45) is 11.8 Å². The van der Waals surface area contributed by atoms with Gasteiger partial charge >= 0.3 is 6.09 Å². The quantitative estimate of drug-likeness (QED) is 0.302. The molecule has 9 nitrogen and oxygen atoms in total. The number of hydrogen-bond acceptors (Lipinski definition) is 6. The largest absolute Gasteiger partial charge is 0.465 e. The number of hydrogen-bond donors (Lipinski definition) is 5. The number of nitrogens with zero attached hydrogens (tertiary/aromatic N) is 2. The Hall–Kier alpha value is -2.36. The van der Waals surface area contributed by atoms with Gasteiger partial charge < -0.3 is 15.7 Å². The topological polar surface area (TPSA) is 128 Å². The van der Waals surface area contributed by atoms with Gasteiger partial charge in [-0.3, -0.25) is 15.6 Å². The first-order valence-corrected chi connectivity index (χ1v) is 10.3. The molecule has 0 bridgehead atoms. The second-order valence-electron chi connectivity index (χ2n) is 7.66. The molecule has 1 aromatic heterocycles. The SMILES string of the molecule is O=C(O)NC[C@@H](CC1CCCC1)C(=O)NNc1nc(Cl)nc(NC2CCC2)c1F. The average Bonchev–Trinajstić information content (AvgIpc) is 3.15. The van der Waals surface area contributed by atoms with Gasteiger partial charge in [0.1, 0.15) is 0 Å². The van der Waals surface area contributed by atoms with Gasteiger partial charge in [-0.25, -0.2) is 4.79 Å². The third-order valence-electron chi connectivity index (χ3n) is 5.54. The van der Waals surface area contributed by atoms with Crippen LogP contribution in [0.4, 0.5) is 20.8 Å². The number of nitrogens with one attached hydrogen (secondary N) is 4. The van der Waals surface area contributed by atoms with Crippen LogP contribution in [0.15, 0.2) is 0 Å². The highest BCUT2D eigenvalue weighted by molar-refractivity contribution is 6.28. The van der Waals surface area contributed by atoms with Gasteiger partial charge in [-0.15, -0.1) is 0 Å². The zero-order valence-corrected chi connectivity index (χ0v) is 16.8. The van der Waals surface area contributed by atoms with Gasteiger partial charge in [0.2, 0.25) is 17.0 Å². The molecule has 0 spiro atoms. The van der Waals surface area contributed by atoms with Crippen molar-refractivity contribution in [3.63, 3.8) is 0 Å². The van der Waals surface area contributed by atoms with Gasteiger partial charge in [-0.05, 0) is 43.2 Å². The van der Waals surface area contributed by atoms with Crippen LogP contribution in [0.2, 0.25) is 5.28 Å². The molecule has 11 heteroatoms. The lowest BCUT2D eigenvalue weighted by molar-refractivity contribution is -0.124. The smallest absolute Gasteiger partial charge is 0.404 e. The summed E-state index contributed by atoms with van der Waals surface area (Å²) in [6.45, 7) is -0.0131. The molecule has 0 saturated heterocycles. The third-order valence-corrected chi connectivity index (χ3v) is 5.71. The summed E-state index contributed by atoms with van der Waals surface area (Å²) in [6, 6.07) is 0.149. The summed E-state index contributed by atoms with van der Waals surface area (Å²) < 4.78 is 14.7. The van der Waals surface area contributed by atoms with E-state index in [1.165, 1.54) is 0 Å². The van der Waals surface area contributed by atoms with Gasteiger partial charge in [0.25, 0.3) is 0 Å². The van der Waals surface area contributed by atoms with Gasteiger partial charge in [0, 0.05) is 12.6 Å². The molecule has 2 aliphatic carbocycles. The van der Waals surface area contributed by atoms with Crippen molar-refractivity contribution in [2.75, 3.05) is 17.3 Å². The van der Waals surface area contributed by atoms with E-state index in [4.69, 9.17) is 16.7 Å². The lowest BCUT2D eigenvalue weighted by Gasteiger charge is -2.27. The molecule has 1 heterocycles. The van der Waals surface area contributed by atoms with E-state index in [0.717, 1.165) is 44.9 Å². The molecule has 0 aromatic carbocycles. The molecule has 0 radical (unpaired) electrons. The zero-order valence-electron chi connectivity index (χ0n) is 16.0. The first-order valence-electron chi connectivity index (χ1n) is 9.94. The number of hydrazine groups is 1. The molecule has 2 fully saturated rings. The molecular weight excluding hydrogens is 403 g/mol. The summed E-state index contributed by atoms with van der Waals surface area (Å²) in [7, 11) is 0. The zero-order chi connectivity index (χ0) is 20.8. The number of aromatic nitrogens is 2. The highest BCUT2D eigenvalue weighted by Crippen LogP contribution is 2.30. The van der Waals surface area contributed by atoms with Crippen LogP contribution in [0.1, 0.15) is 51.4 Å². The third kappa shape index (κ3) is 6.06. The van der Waals surface area contributed by atoms with Crippen LogP contribution in [-0.4, -0.2) is 39.7 Å². The summed E-state index contributed by atoms with van der Waals surface area (Å²) in [5.74, 6) is -1.63. The number of halogens is 2. The van der Waals surface area contributed by atoms with E-state index < -0.39 is 23.7 Å². The molecule has 1 atom stereocenters. The van der Waals surface area contributed by atoms with E-state index in [1.54, 1.807) is 0 Å². The van der Waals surface area contributed by atoms with E-state index in [2.05, 4.69) is 31.5 Å². The van der Waals surface area contributed by atoms with Gasteiger partial charge in [-0.2, -0.15) is 14.4 Å². The molecule has 29 heavy (non-hydrogen) atoms. The fourth-order valence-electron chi connectivity index (χ4n) is 3.71. The lowest BCUT2D eigenvalue weighted by atomic mass is 9.92. The molecule has 0 unspecified atom stereocenters. The van der Waals surface area contributed by atoms with Crippen LogP contribution < -0.4 is 21.5 Å². The lowest BCUT2D eigenvalue weighted by Crippen LogP contribution is -2.42. The Labute approximate surface area is 173 Å². The van der Waals surface area contributed by atoms with Gasteiger partial charge in [0.05, 0.1) is 5.92 Å². The molecule has 0 aliphatic heterocycles. The van der Waals surface area contributed by atoms with Crippen LogP contribution in [0.3, 0.4) is 0 Å². The fourth-order valence-corrected chi connectivity index (χ4v) is 3.88. The second-order valence-corrected chi connectivity index (χ2v) is 8.00. The van der Waals surface area contributed by atoms with E-state index >= 15 is 0 Å². The summed E-state index contributed by atoms with van der Waals surface area (Å²) in [5.41, 5.74) is 4.91. The maximum absolute atomic E-state index is 14.7. The van der Waals surface area contributed by atoms with Crippen LogP contribution in [0, 0.1) is 17.7 Å². The summed E-state index contributed by atoms with van der Waals surface area (Å²) >= 11 is 5.89. The summed E-state index contributed by atoms with van der Waals surface area (Å²) in [6.07, 6.45) is 6.59. The monoisotopic (exact) mass is 428 g/mol. The summed E-state index contributed by atoms with van der Waals surface area (Å²) in [5, 5.41) is 13.9. The molecule has 2 amide bonds. The van der Waals surface area contributed by atoms with Crippen molar-refractivity contribution >= 4 is 35.2 Å². The number of amides is 2. The average molecular weight is 429 g/mol. The van der Waals surface area contributed by atoms with Crippen LogP contribution in [0.25, 0.3) is 0 Å². The van der Waals surface area contributed by atoms with Crippen molar-refractivity contribution < 1.29 is 19.1 Å². The van der Waals surface area contributed by atoms with Crippen molar-refractivity contribution in [1.29, 1.82) is 0 Å². The molecule has 5 N–H and O–H groups in total. The maximum atomic E-state index is 14.7. The van der Waals surface area contributed by atoms with E-state index in [1.807, 2.05) is 0 Å². The van der Waals surface area contributed by atoms with E-state index in [0.29, 0.717) is 12.3 Å². The van der Waals surface area contributed by atoms with Crippen LogP contribution in [-0.2, 0) is 4.79 Å². The van der Waals surface area contributed by atoms with Crippen LogP contribution in [0.5, 0.6) is 0 Å². The number of rotatable bonds is 9. The number of anilines is 2. The number of carbonyl (C=O) groups is 2. The number of carboxylic acid groups (broad SMARTS) is 1. The van der Waals surface area contributed by atoms with Gasteiger partial charge in [-0.1, -0.05) is 25.7 Å². The van der Waals surface area contributed by atoms with Gasteiger partial charge in [0.15, 0.2) is 11.6 Å². The fraction of sp³-hybridized carbons (Fsp3) is 0.667. The first kappa shape index (κ1) is 21.4. The standard InChI is InChI=1S/C18H26ClFN6O3/c19-17-23-14(22-12-6-3-7-12)13(20)15(24-17)25-26-16(27)11(9-21-18(28)29)8-10-4-1-2-5-10/h10-12,21H,1-9H2,(H,26,27)(H,28,29)(H2,22,23,24,25)/t11-/m1/s1. The normalized spacial score (nSPS) is 18.0. The molecule has 1 aromatic rings. The molecular formula is C18H26ClFN6O3. The molecule has 160 valence electrons. The maximum Gasteiger partial charge on any atom is 0.404 e. The van der Waals surface area contributed by atoms with Crippen molar-refractivity contribution in [3.8, 4) is 0 Å². The van der Waals surface area contributed by atoms with Crippen molar-refractivity contribution in [1.82, 2.24) is 20.7 Å². The molecule has 3 rings (SSSR count). The minimum absolute atomic E-state index is 0.0125. The highest BCUT2D eigenvalue weighted by atomic mass is 35.5. The predicted molar refractivity (Wildman–Crippen MR) is 106 cm³/mol. The Morgan fingerprint density at radius 2 is 1.83 bits per heavy atom. The van der Waals surface area contributed by atoms with Crippen LogP contribution >= 0.6 is 11.6 Å². The number of carbonyl (C=O) groups excluding carboxylic acids is 1. The molecule has 2 saturated carbocycles.